The molecule has 0 saturated heterocycles. The van der Waals surface area contributed by atoms with Gasteiger partial charge in [0.15, 0.2) is 0 Å². The average molecular weight is 519 g/mol. The van der Waals surface area contributed by atoms with Crippen molar-refractivity contribution in [1.82, 2.24) is 14.5 Å². The molecule has 8 nitrogen and oxygen atoms in total. The van der Waals surface area contributed by atoms with Crippen LogP contribution in [0.5, 0.6) is 0 Å². The summed E-state index contributed by atoms with van der Waals surface area (Å²) < 4.78 is 2.31. The topological polar surface area (TPSA) is 102 Å². The van der Waals surface area contributed by atoms with E-state index in [9.17, 15) is 19.2 Å². The Labute approximate surface area is 218 Å². The van der Waals surface area contributed by atoms with Gasteiger partial charge in [0, 0.05) is 16.8 Å². The van der Waals surface area contributed by atoms with Crippen LogP contribution in [0.25, 0.3) is 16.6 Å². The summed E-state index contributed by atoms with van der Waals surface area (Å²) in [5.41, 5.74) is 1.68. The molecular weight excluding hydrogens is 492 g/mol. The smallest absolute Gasteiger partial charge is 0.336 e. The Morgan fingerprint density at radius 1 is 0.946 bits per heavy atom. The molecule has 0 unspecified atom stereocenters. The predicted molar refractivity (Wildman–Crippen MR) is 146 cm³/mol. The Morgan fingerprint density at radius 3 is 2.32 bits per heavy atom. The number of amides is 2. The minimum atomic E-state index is -0.647. The number of carbonyl (C=O) groups excluding carboxylic acids is 2. The summed E-state index contributed by atoms with van der Waals surface area (Å²) in [5, 5.41) is 6.40. The number of rotatable bonds is 7. The molecule has 37 heavy (non-hydrogen) atoms. The molecule has 1 heterocycles. The molecule has 190 valence electrons. The Bertz CT molecular complexity index is 1600. The molecule has 0 aliphatic carbocycles. The first-order valence-electron chi connectivity index (χ1n) is 11.8. The molecule has 0 radical (unpaired) electrons. The van der Waals surface area contributed by atoms with Crippen LogP contribution >= 0.6 is 11.6 Å². The van der Waals surface area contributed by atoms with Gasteiger partial charge in [-0.15, -0.1) is 0 Å². The third-order valence-corrected chi connectivity index (χ3v) is 6.22. The number of para-hydroxylation sites is 1. The summed E-state index contributed by atoms with van der Waals surface area (Å²) >= 11 is 6.16. The standard InChI is InChI=1S/C28H27ClN4O4/c1-17(2)30-25(34)14-19-9-12-21(13-10-19)33-27(36)22-6-4-5-7-24(22)32(28(33)37)16-26(35)31-20-11-8-18(3)23(29)15-20/h4-13,15,17H,14,16H2,1-3H3,(H,30,34)(H,31,35). The number of aromatic nitrogens is 2. The Hall–Kier alpha value is -4.17. The normalized spacial score (nSPS) is 11.1. The van der Waals surface area contributed by atoms with Crippen LogP contribution in [0.1, 0.15) is 25.0 Å². The van der Waals surface area contributed by atoms with E-state index in [0.29, 0.717) is 27.3 Å². The van der Waals surface area contributed by atoms with E-state index in [4.69, 9.17) is 11.6 Å². The Morgan fingerprint density at radius 2 is 1.65 bits per heavy atom. The fraction of sp³-hybridized carbons (Fsp3) is 0.214. The van der Waals surface area contributed by atoms with Crippen LogP contribution in [-0.2, 0) is 22.6 Å². The number of hydrogen-bond acceptors (Lipinski definition) is 4. The first-order chi connectivity index (χ1) is 17.6. The second-order valence-corrected chi connectivity index (χ2v) is 9.51. The lowest BCUT2D eigenvalue weighted by atomic mass is 10.1. The van der Waals surface area contributed by atoms with E-state index in [0.717, 1.165) is 15.7 Å². The summed E-state index contributed by atoms with van der Waals surface area (Å²) in [5.74, 6) is -0.558. The highest BCUT2D eigenvalue weighted by atomic mass is 35.5. The van der Waals surface area contributed by atoms with Crippen molar-refractivity contribution in [3.63, 3.8) is 0 Å². The molecule has 0 spiro atoms. The summed E-state index contributed by atoms with van der Waals surface area (Å²) in [6, 6.07) is 18.5. The Balaban J connectivity index is 1.70. The maximum Gasteiger partial charge on any atom is 0.336 e. The first-order valence-corrected chi connectivity index (χ1v) is 12.2. The van der Waals surface area contributed by atoms with E-state index in [1.165, 1.54) is 4.57 Å². The monoisotopic (exact) mass is 518 g/mol. The van der Waals surface area contributed by atoms with E-state index < -0.39 is 17.2 Å². The molecule has 0 saturated carbocycles. The number of nitrogens with zero attached hydrogens (tertiary/aromatic N) is 2. The summed E-state index contributed by atoms with van der Waals surface area (Å²) in [4.78, 5) is 51.8. The van der Waals surface area contributed by atoms with Gasteiger partial charge in [0.1, 0.15) is 6.54 Å². The summed E-state index contributed by atoms with van der Waals surface area (Å²) in [7, 11) is 0. The van der Waals surface area contributed by atoms with Crippen molar-refractivity contribution < 1.29 is 9.59 Å². The zero-order valence-corrected chi connectivity index (χ0v) is 21.5. The lowest BCUT2D eigenvalue weighted by Gasteiger charge is -2.15. The zero-order chi connectivity index (χ0) is 26.7. The molecule has 9 heteroatoms. The van der Waals surface area contributed by atoms with Crippen molar-refractivity contribution in [2.75, 3.05) is 5.32 Å². The van der Waals surface area contributed by atoms with Crippen LogP contribution in [0.2, 0.25) is 5.02 Å². The molecule has 4 aromatic rings. The number of nitrogens with one attached hydrogen (secondary N) is 2. The molecule has 0 fully saturated rings. The van der Waals surface area contributed by atoms with E-state index >= 15 is 0 Å². The molecule has 2 N–H and O–H groups in total. The Kier molecular flexibility index (Phi) is 7.59. The maximum atomic E-state index is 13.5. The van der Waals surface area contributed by atoms with Crippen LogP contribution in [0.4, 0.5) is 5.69 Å². The fourth-order valence-electron chi connectivity index (χ4n) is 4.04. The highest BCUT2D eigenvalue weighted by Crippen LogP contribution is 2.20. The molecular formula is C28H27ClN4O4. The quantitative estimate of drug-likeness (QED) is 0.388. The lowest BCUT2D eigenvalue weighted by Crippen LogP contribution is -2.40. The molecule has 3 aromatic carbocycles. The second-order valence-electron chi connectivity index (χ2n) is 9.10. The number of anilines is 1. The van der Waals surface area contributed by atoms with Crippen molar-refractivity contribution in [3.8, 4) is 5.69 Å². The molecule has 0 bridgehead atoms. The van der Waals surface area contributed by atoms with Crippen molar-refractivity contribution >= 4 is 40.0 Å². The number of fused-ring (bicyclic) bond motifs is 1. The van der Waals surface area contributed by atoms with Gasteiger partial charge in [-0.25, -0.2) is 9.36 Å². The van der Waals surface area contributed by atoms with Crippen LogP contribution in [-0.4, -0.2) is 27.0 Å². The highest BCUT2D eigenvalue weighted by molar-refractivity contribution is 6.31. The number of aryl methyl sites for hydroxylation is 1. The molecule has 4 rings (SSSR count). The van der Waals surface area contributed by atoms with Gasteiger partial charge in [-0.3, -0.25) is 19.0 Å². The van der Waals surface area contributed by atoms with Crippen LogP contribution in [0.3, 0.4) is 0 Å². The molecule has 2 amide bonds. The van der Waals surface area contributed by atoms with Crippen molar-refractivity contribution in [2.24, 2.45) is 0 Å². The van der Waals surface area contributed by atoms with E-state index in [1.54, 1.807) is 66.7 Å². The molecule has 0 atom stereocenters. The molecule has 0 aliphatic rings. The van der Waals surface area contributed by atoms with Crippen LogP contribution < -0.4 is 21.9 Å². The van der Waals surface area contributed by atoms with Gasteiger partial charge in [-0.1, -0.05) is 41.9 Å². The van der Waals surface area contributed by atoms with Gasteiger partial charge >= 0.3 is 5.69 Å². The van der Waals surface area contributed by atoms with Crippen LogP contribution in [0.15, 0.2) is 76.3 Å². The number of benzene rings is 3. The largest absolute Gasteiger partial charge is 0.354 e. The zero-order valence-electron chi connectivity index (χ0n) is 20.7. The first kappa shape index (κ1) is 25.9. The van der Waals surface area contributed by atoms with Gasteiger partial charge in [-0.05, 0) is 68.3 Å². The average Bonchev–Trinajstić information content (AvgIpc) is 2.84. The molecule has 1 aromatic heterocycles. The summed E-state index contributed by atoms with van der Waals surface area (Å²) in [6.45, 7) is 5.32. The SMILES string of the molecule is Cc1ccc(NC(=O)Cn2c(=O)n(-c3ccc(CC(=O)NC(C)C)cc3)c(=O)c3ccccc32)cc1Cl. The third kappa shape index (κ3) is 5.81. The minimum Gasteiger partial charge on any atom is -0.354 e. The van der Waals surface area contributed by atoms with E-state index in [2.05, 4.69) is 10.6 Å². The lowest BCUT2D eigenvalue weighted by molar-refractivity contribution is -0.121. The molecule has 0 aliphatic heterocycles. The maximum absolute atomic E-state index is 13.5. The van der Waals surface area contributed by atoms with Crippen molar-refractivity contribution in [1.29, 1.82) is 0 Å². The van der Waals surface area contributed by atoms with Gasteiger partial charge < -0.3 is 10.6 Å². The minimum absolute atomic E-state index is 0.0293. The number of halogens is 1. The van der Waals surface area contributed by atoms with E-state index in [-0.39, 0.29) is 24.9 Å². The highest BCUT2D eigenvalue weighted by Gasteiger charge is 2.17. The second kappa shape index (κ2) is 10.8. The van der Waals surface area contributed by atoms with Gasteiger partial charge in [-0.2, -0.15) is 0 Å². The fourth-order valence-corrected chi connectivity index (χ4v) is 4.22. The van der Waals surface area contributed by atoms with Gasteiger partial charge in [0.2, 0.25) is 11.8 Å². The predicted octanol–water partition coefficient (Wildman–Crippen LogP) is 3.82. The van der Waals surface area contributed by atoms with Gasteiger partial charge in [0.25, 0.3) is 5.56 Å². The van der Waals surface area contributed by atoms with Crippen molar-refractivity contribution in [2.45, 2.75) is 39.8 Å². The van der Waals surface area contributed by atoms with Gasteiger partial charge in [0.05, 0.1) is 23.0 Å². The third-order valence-electron chi connectivity index (χ3n) is 5.82. The van der Waals surface area contributed by atoms with Crippen LogP contribution in [0, 0.1) is 6.92 Å². The summed E-state index contributed by atoms with van der Waals surface area (Å²) in [6.07, 6.45) is 0.179. The number of carbonyl (C=O) groups is 2. The number of hydrogen-bond donors (Lipinski definition) is 2. The van der Waals surface area contributed by atoms with Crippen molar-refractivity contribution in [3.05, 3.63) is 104 Å². The van der Waals surface area contributed by atoms with E-state index in [1.807, 2.05) is 20.8 Å².